The minimum absolute atomic E-state index is 0. The Morgan fingerprint density at radius 1 is 1.03 bits per heavy atom. The number of nitrogens with one attached hydrogen (secondary N) is 1. The first-order valence-corrected chi connectivity index (χ1v) is 11.7. The van der Waals surface area contributed by atoms with Gasteiger partial charge in [-0.05, 0) is 46.3 Å². The molecule has 8 nitrogen and oxygen atoms in total. The van der Waals surface area contributed by atoms with Crippen molar-refractivity contribution in [2.75, 3.05) is 19.4 Å². The Bertz CT molecular complexity index is 1160. The largest absolute Gasteiger partial charge is 0.493 e. The normalized spacial score (nSPS) is 10.5. The highest BCUT2D eigenvalue weighted by Gasteiger charge is 2.09. The number of aromatic nitrogens is 5. The summed E-state index contributed by atoms with van der Waals surface area (Å²) in [6.45, 7) is 1.90. The molecule has 0 atom stereocenters. The van der Waals surface area contributed by atoms with Crippen molar-refractivity contribution in [3.8, 4) is 17.2 Å². The molecule has 2 aromatic carbocycles. The van der Waals surface area contributed by atoms with Crippen molar-refractivity contribution in [2.45, 2.75) is 18.3 Å². The van der Waals surface area contributed by atoms with Gasteiger partial charge in [0.25, 0.3) is 0 Å². The van der Waals surface area contributed by atoms with Gasteiger partial charge in [0, 0.05) is 30.6 Å². The molecule has 0 aliphatic carbocycles. The highest BCUT2D eigenvalue weighted by atomic mass is 35.5. The van der Waals surface area contributed by atoms with Crippen molar-refractivity contribution >= 4 is 35.8 Å². The van der Waals surface area contributed by atoms with Gasteiger partial charge in [0.05, 0.1) is 12.8 Å². The Morgan fingerprint density at radius 3 is 2.62 bits per heavy atom. The van der Waals surface area contributed by atoms with Crippen LogP contribution in [0.3, 0.4) is 0 Å². The second-order valence-corrected chi connectivity index (χ2v) is 8.45. The molecule has 0 aliphatic rings. The number of rotatable bonds is 11. The van der Waals surface area contributed by atoms with Gasteiger partial charge < -0.3 is 14.8 Å². The van der Waals surface area contributed by atoms with E-state index in [1.54, 1.807) is 35.8 Å². The van der Waals surface area contributed by atoms with Crippen LogP contribution in [-0.4, -0.2) is 44.6 Å². The van der Waals surface area contributed by atoms with Gasteiger partial charge in [0.1, 0.15) is 11.8 Å². The van der Waals surface area contributed by atoms with Crippen molar-refractivity contribution < 1.29 is 9.47 Å². The molecular formula is C23H24Cl2N6O2S. The molecule has 0 unspecified atom stereocenters. The molecule has 0 aliphatic heterocycles. The minimum Gasteiger partial charge on any atom is -0.493 e. The third-order valence-corrected chi connectivity index (χ3v) is 5.84. The first-order valence-electron chi connectivity index (χ1n) is 10.3. The van der Waals surface area contributed by atoms with Gasteiger partial charge >= 0.3 is 0 Å². The fourth-order valence-electron chi connectivity index (χ4n) is 3.04. The van der Waals surface area contributed by atoms with Gasteiger partial charge in [0.15, 0.2) is 11.5 Å². The number of nitrogens with zero attached hydrogens (tertiary/aromatic N) is 5. The zero-order valence-electron chi connectivity index (χ0n) is 18.4. The lowest BCUT2D eigenvalue weighted by Crippen LogP contribution is -2.17. The van der Waals surface area contributed by atoms with E-state index in [1.807, 2.05) is 54.6 Å². The summed E-state index contributed by atoms with van der Waals surface area (Å²) < 4.78 is 13.1. The summed E-state index contributed by atoms with van der Waals surface area (Å²) >= 11 is 7.43. The predicted molar refractivity (Wildman–Crippen MR) is 135 cm³/mol. The van der Waals surface area contributed by atoms with Crippen LogP contribution in [0.25, 0.3) is 5.69 Å². The average molecular weight is 519 g/mol. The second-order valence-electron chi connectivity index (χ2n) is 7.00. The van der Waals surface area contributed by atoms with E-state index in [1.165, 1.54) is 0 Å². The Balaban J connectivity index is 0.00000324. The fourth-order valence-corrected chi connectivity index (χ4v) is 3.94. The molecule has 0 fully saturated rings. The van der Waals surface area contributed by atoms with Gasteiger partial charge in [-0.2, -0.15) is 4.68 Å². The third kappa shape index (κ3) is 7.07. The Morgan fingerprint density at radius 2 is 1.85 bits per heavy atom. The number of tetrazole rings is 1. The number of halogens is 2. The van der Waals surface area contributed by atoms with Crippen LogP contribution in [0.5, 0.6) is 11.5 Å². The van der Waals surface area contributed by atoms with E-state index in [0.29, 0.717) is 29.8 Å². The molecule has 0 saturated carbocycles. The fraction of sp³-hybridized carbons (Fsp3) is 0.217. The van der Waals surface area contributed by atoms with Crippen LogP contribution in [0, 0.1) is 0 Å². The zero-order chi connectivity index (χ0) is 22.9. The Kier molecular flexibility index (Phi) is 9.96. The highest BCUT2D eigenvalue weighted by Crippen LogP contribution is 2.29. The second kappa shape index (κ2) is 13.1. The van der Waals surface area contributed by atoms with Crippen molar-refractivity contribution in [3.63, 3.8) is 0 Å². The standard InChI is InChI=1S/C23H23ClN6O2S.ClH/c1-31-21-13-17(7-9-20(21)32-16-18-8-10-22(24)26-15-18)14-25-11-12-33-23-27-28-29-30(23)19-5-3-2-4-6-19;/h2-10,13,15,25H,11-12,14,16H2,1H3;1H. The summed E-state index contributed by atoms with van der Waals surface area (Å²) in [5.41, 5.74) is 2.98. The van der Waals surface area contributed by atoms with Crippen LogP contribution < -0.4 is 14.8 Å². The molecule has 0 bridgehead atoms. The zero-order valence-corrected chi connectivity index (χ0v) is 20.8. The van der Waals surface area contributed by atoms with E-state index in [2.05, 4.69) is 25.8 Å². The molecule has 34 heavy (non-hydrogen) atoms. The lowest BCUT2D eigenvalue weighted by Gasteiger charge is -2.13. The summed E-state index contributed by atoms with van der Waals surface area (Å²) in [5.74, 6) is 2.20. The minimum atomic E-state index is 0. The first-order chi connectivity index (χ1) is 16.2. The average Bonchev–Trinajstić information content (AvgIpc) is 3.33. The molecule has 4 rings (SSSR count). The quantitative estimate of drug-likeness (QED) is 0.175. The molecule has 1 N–H and O–H groups in total. The van der Waals surface area contributed by atoms with Gasteiger partial charge in [-0.3, -0.25) is 0 Å². The molecule has 178 valence electrons. The number of methoxy groups -OCH3 is 1. The topological polar surface area (TPSA) is 87.0 Å². The SMILES string of the molecule is COc1cc(CNCCSc2nnnn2-c2ccccc2)ccc1OCc1ccc(Cl)nc1.Cl. The van der Waals surface area contributed by atoms with Gasteiger partial charge in [-0.15, -0.1) is 17.5 Å². The number of pyridine rings is 1. The number of ether oxygens (including phenoxy) is 2. The summed E-state index contributed by atoms with van der Waals surface area (Å²) in [6, 6.07) is 19.4. The molecule has 2 heterocycles. The smallest absolute Gasteiger partial charge is 0.214 e. The predicted octanol–water partition coefficient (Wildman–Crippen LogP) is 4.60. The van der Waals surface area contributed by atoms with E-state index in [-0.39, 0.29) is 12.4 Å². The number of para-hydroxylation sites is 1. The van der Waals surface area contributed by atoms with Crippen LogP contribution in [-0.2, 0) is 13.2 Å². The Hall–Kier alpha value is -2.85. The van der Waals surface area contributed by atoms with Crippen molar-refractivity contribution in [1.29, 1.82) is 0 Å². The molecule has 0 radical (unpaired) electrons. The van der Waals surface area contributed by atoms with Crippen LogP contribution >= 0.6 is 35.8 Å². The molecule has 2 aromatic heterocycles. The van der Waals surface area contributed by atoms with Crippen molar-refractivity contribution in [1.82, 2.24) is 30.5 Å². The molecule has 11 heteroatoms. The Labute approximate surface area is 213 Å². The van der Waals surface area contributed by atoms with Gasteiger partial charge in [0.2, 0.25) is 5.16 Å². The van der Waals surface area contributed by atoms with Crippen LogP contribution in [0.4, 0.5) is 0 Å². The van der Waals surface area contributed by atoms with Crippen LogP contribution in [0.2, 0.25) is 5.15 Å². The van der Waals surface area contributed by atoms with E-state index < -0.39 is 0 Å². The number of thioether (sulfide) groups is 1. The number of benzene rings is 2. The maximum Gasteiger partial charge on any atom is 0.214 e. The van der Waals surface area contributed by atoms with E-state index in [9.17, 15) is 0 Å². The summed E-state index contributed by atoms with van der Waals surface area (Å²) in [4.78, 5) is 4.07. The first kappa shape index (κ1) is 25.8. The summed E-state index contributed by atoms with van der Waals surface area (Å²) in [5, 5.41) is 16.7. The maximum atomic E-state index is 5.89. The lowest BCUT2D eigenvalue weighted by atomic mass is 10.2. The van der Waals surface area contributed by atoms with E-state index in [4.69, 9.17) is 21.1 Å². The molecule has 0 saturated heterocycles. The van der Waals surface area contributed by atoms with Crippen LogP contribution in [0.15, 0.2) is 72.0 Å². The molecular weight excluding hydrogens is 495 g/mol. The van der Waals surface area contributed by atoms with Gasteiger partial charge in [-0.1, -0.05) is 53.7 Å². The molecule has 0 amide bonds. The van der Waals surface area contributed by atoms with Crippen molar-refractivity contribution in [3.05, 3.63) is 83.1 Å². The maximum absolute atomic E-state index is 5.89. The van der Waals surface area contributed by atoms with Crippen LogP contribution in [0.1, 0.15) is 11.1 Å². The molecule has 0 spiro atoms. The van der Waals surface area contributed by atoms with Crippen molar-refractivity contribution in [2.24, 2.45) is 0 Å². The lowest BCUT2D eigenvalue weighted by molar-refractivity contribution is 0.284. The number of hydrogen-bond donors (Lipinski definition) is 1. The van der Waals surface area contributed by atoms with Gasteiger partial charge in [-0.25, -0.2) is 4.98 Å². The van der Waals surface area contributed by atoms with E-state index >= 15 is 0 Å². The number of hydrogen-bond acceptors (Lipinski definition) is 8. The van der Waals surface area contributed by atoms with E-state index in [0.717, 1.165) is 34.3 Å². The monoisotopic (exact) mass is 518 g/mol. The molecule has 4 aromatic rings. The highest BCUT2D eigenvalue weighted by molar-refractivity contribution is 7.99. The summed E-state index contributed by atoms with van der Waals surface area (Å²) in [7, 11) is 1.64. The third-order valence-electron chi connectivity index (χ3n) is 4.69. The summed E-state index contributed by atoms with van der Waals surface area (Å²) in [6.07, 6.45) is 1.70.